The van der Waals surface area contributed by atoms with E-state index in [1.807, 2.05) is 54.0 Å². The summed E-state index contributed by atoms with van der Waals surface area (Å²) in [5.41, 5.74) is 15.3. The molecule has 0 radical (unpaired) electrons. The summed E-state index contributed by atoms with van der Waals surface area (Å²) in [6.07, 6.45) is 1.58. The molecule has 0 bridgehead atoms. The van der Waals surface area contributed by atoms with Gasteiger partial charge in [0.25, 0.3) is 0 Å². The lowest BCUT2D eigenvalue weighted by atomic mass is 10.1. The standard InChI is InChI=1S/C21H20N6O/c1-13-10-16-15(19(23)28)8-5-9-18(16)27(13)21-25-12-17(22)20(26-21)24-11-14-6-3-2-4-7-14/h2-10,12H,11,22H2,1H3,(H2,23,28)(H,24,25,26). The largest absolute Gasteiger partial charge is 0.394 e. The van der Waals surface area contributed by atoms with Gasteiger partial charge in [-0.05, 0) is 30.7 Å². The van der Waals surface area contributed by atoms with Gasteiger partial charge in [0.1, 0.15) is 0 Å². The van der Waals surface area contributed by atoms with E-state index in [-0.39, 0.29) is 0 Å². The van der Waals surface area contributed by atoms with Crippen molar-refractivity contribution in [1.82, 2.24) is 14.5 Å². The van der Waals surface area contributed by atoms with E-state index in [0.29, 0.717) is 29.6 Å². The minimum atomic E-state index is -0.466. The Bertz CT molecular complexity index is 1170. The number of carbonyl (C=O) groups excluding carboxylic acids is 1. The number of nitrogens with zero attached hydrogens (tertiary/aromatic N) is 3. The Morgan fingerprint density at radius 1 is 1.14 bits per heavy atom. The van der Waals surface area contributed by atoms with E-state index in [1.165, 1.54) is 0 Å². The van der Waals surface area contributed by atoms with Gasteiger partial charge in [-0.2, -0.15) is 4.98 Å². The first-order chi connectivity index (χ1) is 13.5. The predicted octanol–water partition coefficient (Wildman–Crippen LogP) is 3.02. The van der Waals surface area contributed by atoms with Crippen LogP contribution in [0.15, 0.2) is 60.8 Å². The van der Waals surface area contributed by atoms with Crippen molar-refractivity contribution >= 4 is 28.3 Å². The van der Waals surface area contributed by atoms with Crippen molar-refractivity contribution in [2.75, 3.05) is 11.1 Å². The highest BCUT2D eigenvalue weighted by Crippen LogP contribution is 2.26. The maximum atomic E-state index is 11.7. The molecule has 0 aliphatic rings. The molecule has 7 nitrogen and oxygen atoms in total. The predicted molar refractivity (Wildman–Crippen MR) is 110 cm³/mol. The molecule has 4 rings (SSSR count). The molecule has 5 N–H and O–H groups in total. The summed E-state index contributed by atoms with van der Waals surface area (Å²) in [4.78, 5) is 20.8. The van der Waals surface area contributed by atoms with Gasteiger partial charge in [-0.3, -0.25) is 9.36 Å². The van der Waals surface area contributed by atoms with Gasteiger partial charge in [0.05, 0.1) is 17.4 Å². The van der Waals surface area contributed by atoms with Gasteiger partial charge in [0.15, 0.2) is 5.82 Å². The Morgan fingerprint density at radius 3 is 2.68 bits per heavy atom. The monoisotopic (exact) mass is 372 g/mol. The number of benzene rings is 2. The summed E-state index contributed by atoms with van der Waals surface area (Å²) in [5.74, 6) is 0.561. The van der Waals surface area contributed by atoms with Crippen molar-refractivity contribution in [2.24, 2.45) is 5.73 Å². The number of nitrogen functional groups attached to an aromatic ring is 1. The maximum Gasteiger partial charge on any atom is 0.249 e. The molecule has 28 heavy (non-hydrogen) atoms. The van der Waals surface area contributed by atoms with Crippen LogP contribution < -0.4 is 16.8 Å². The van der Waals surface area contributed by atoms with Crippen molar-refractivity contribution in [2.45, 2.75) is 13.5 Å². The van der Waals surface area contributed by atoms with Crippen LogP contribution in [0.4, 0.5) is 11.5 Å². The summed E-state index contributed by atoms with van der Waals surface area (Å²) in [5, 5.41) is 4.04. The van der Waals surface area contributed by atoms with Crippen LogP contribution in [-0.2, 0) is 6.54 Å². The van der Waals surface area contributed by atoms with Gasteiger partial charge in [-0.25, -0.2) is 4.98 Å². The number of aryl methyl sites for hydroxylation is 1. The number of nitrogens with one attached hydrogen (secondary N) is 1. The topological polar surface area (TPSA) is 112 Å². The number of nitrogens with two attached hydrogens (primary N) is 2. The number of anilines is 2. The fourth-order valence-corrected chi connectivity index (χ4v) is 3.26. The molecule has 1 amide bonds. The summed E-state index contributed by atoms with van der Waals surface area (Å²) in [6.45, 7) is 2.53. The number of primary amides is 1. The summed E-state index contributed by atoms with van der Waals surface area (Å²) >= 11 is 0. The number of hydrogen-bond acceptors (Lipinski definition) is 5. The normalized spacial score (nSPS) is 10.9. The molecule has 0 aliphatic carbocycles. The number of fused-ring (bicyclic) bond motifs is 1. The first-order valence-corrected chi connectivity index (χ1v) is 8.86. The molecule has 0 saturated heterocycles. The molecule has 0 saturated carbocycles. The van der Waals surface area contributed by atoms with Crippen LogP contribution in [-0.4, -0.2) is 20.4 Å². The smallest absolute Gasteiger partial charge is 0.249 e. The van der Waals surface area contributed by atoms with Crippen LogP contribution in [0.5, 0.6) is 0 Å². The number of carbonyl (C=O) groups is 1. The van der Waals surface area contributed by atoms with Crippen LogP contribution >= 0.6 is 0 Å². The van der Waals surface area contributed by atoms with Crippen LogP contribution in [0.25, 0.3) is 16.9 Å². The van der Waals surface area contributed by atoms with Crippen molar-refractivity contribution < 1.29 is 4.79 Å². The zero-order valence-electron chi connectivity index (χ0n) is 15.4. The van der Waals surface area contributed by atoms with E-state index < -0.39 is 5.91 Å². The first kappa shape index (κ1) is 17.5. The molecule has 2 aromatic heterocycles. The van der Waals surface area contributed by atoms with Crippen LogP contribution in [0.1, 0.15) is 21.6 Å². The minimum Gasteiger partial charge on any atom is -0.394 e. The molecule has 0 atom stereocenters. The van der Waals surface area contributed by atoms with Crippen molar-refractivity contribution in [3.63, 3.8) is 0 Å². The van der Waals surface area contributed by atoms with Crippen LogP contribution in [0.3, 0.4) is 0 Å². The van der Waals surface area contributed by atoms with E-state index in [0.717, 1.165) is 22.2 Å². The van der Waals surface area contributed by atoms with Crippen molar-refractivity contribution in [3.8, 4) is 5.95 Å². The molecule has 2 aromatic carbocycles. The van der Waals surface area contributed by atoms with Gasteiger partial charge in [-0.15, -0.1) is 0 Å². The second kappa shape index (κ2) is 7.03. The number of rotatable bonds is 5. The minimum absolute atomic E-state index is 0.464. The highest BCUT2D eigenvalue weighted by atomic mass is 16.1. The third kappa shape index (κ3) is 3.14. The zero-order chi connectivity index (χ0) is 19.7. The van der Waals surface area contributed by atoms with E-state index in [2.05, 4.69) is 15.3 Å². The zero-order valence-corrected chi connectivity index (χ0v) is 15.4. The highest BCUT2D eigenvalue weighted by molar-refractivity contribution is 6.06. The molecule has 0 fully saturated rings. The van der Waals surface area contributed by atoms with Gasteiger partial charge >= 0.3 is 0 Å². The van der Waals surface area contributed by atoms with E-state index >= 15 is 0 Å². The highest BCUT2D eigenvalue weighted by Gasteiger charge is 2.16. The van der Waals surface area contributed by atoms with Gasteiger partial charge in [-0.1, -0.05) is 36.4 Å². The fraction of sp³-hybridized carbons (Fsp3) is 0.0952. The average Bonchev–Trinajstić information content (AvgIpc) is 3.04. The summed E-state index contributed by atoms with van der Waals surface area (Å²) < 4.78 is 1.88. The summed E-state index contributed by atoms with van der Waals surface area (Å²) in [7, 11) is 0. The average molecular weight is 372 g/mol. The van der Waals surface area contributed by atoms with Crippen LogP contribution in [0.2, 0.25) is 0 Å². The molecule has 7 heteroatoms. The fourth-order valence-electron chi connectivity index (χ4n) is 3.26. The van der Waals surface area contributed by atoms with Crippen molar-refractivity contribution in [1.29, 1.82) is 0 Å². The lowest BCUT2D eigenvalue weighted by Gasteiger charge is -2.12. The molecule has 140 valence electrons. The van der Waals surface area contributed by atoms with E-state index in [1.54, 1.807) is 18.3 Å². The molecular formula is C21H20N6O. The Balaban J connectivity index is 1.75. The Labute approximate surface area is 162 Å². The molecule has 4 aromatic rings. The number of amides is 1. The lowest BCUT2D eigenvalue weighted by Crippen LogP contribution is -2.11. The number of aromatic nitrogens is 3. The second-order valence-electron chi connectivity index (χ2n) is 6.54. The quantitative estimate of drug-likeness (QED) is 0.498. The SMILES string of the molecule is Cc1cc2c(C(N)=O)cccc2n1-c1ncc(N)c(NCc2ccccc2)n1. The molecule has 0 spiro atoms. The Morgan fingerprint density at radius 2 is 1.93 bits per heavy atom. The van der Waals surface area contributed by atoms with Gasteiger partial charge < -0.3 is 16.8 Å². The van der Waals surface area contributed by atoms with E-state index in [4.69, 9.17) is 11.5 Å². The third-order valence-corrected chi connectivity index (χ3v) is 4.60. The Hall–Kier alpha value is -3.87. The molecule has 2 heterocycles. The maximum absolute atomic E-state index is 11.7. The van der Waals surface area contributed by atoms with Crippen LogP contribution in [0, 0.1) is 6.92 Å². The lowest BCUT2D eigenvalue weighted by molar-refractivity contribution is 0.100. The third-order valence-electron chi connectivity index (χ3n) is 4.60. The molecule has 0 aliphatic heterocycles. The first-order valence-electron chi connectivity index (χ1n) is 8.86. The summed E-state index contributed by atoms with van der Waals surface area (Å²) in [6, 6.07) is 17.3. The van der Waals surface area contributed by atoms with Crippen molar-refractivity contribution in [3.05, 3.63) is 77.6 Å². The number of hydrogen-bond donors (Lipinski definition) is 3. The van der Waals surface area contributed by atoms with Gasteiger partial charge in [0.2, 0.25) is 11.9 Å². The molecular weight excluding hydrogens is 352 g/mol. The van der Waals surface area contributed by atoms with Gasteiger partial charge in [0, 0.05) is 23.2 Å². The second-order valence-corrected chi connectivity index (χ2v) is 6.54. The van der Waals surface area contributed by atoms with E-state index in [9.17, 15) is 4.79 Å². The molecule has 0 unspecified atom stereocenters. The Kier molecular flexibility index (Phi) is 4.41.